The summed E-state index contributed by atoms with van der Waals surface area (Å²) >= 11 is 0. The van der Waals surface area contributed by atoms with Gasteiger partial charge in [0, 0.05) is 26.7 Å². The first kappa shape index (κ1) is 28.7. The SMILES string of the molecule is CCN(CC)CCCS(=O)(=O)N(Cc1ccccc1)Cc1nc(CN(C)C(=O)NC(C)C)nn1C. The fraction of sp³-hybridized carbons (Fsp3) is 0.625. The van der Waals surface area contributed by atoms with Crippen molar-refractivity contribution in [3.63, 3.8) is 0 Å². The number of rotatable bonds is 14. The van der Waals surface area contributed by atoms with Crippen LogP contribution in [0.2, 0.25) is 0 Å². The first-order chi connectivity index (χ1) is 16.6. The molecule has 1 N–H and O–H groups in total. The molecule has 10 nitrogen and oxygen atoms in total. The average Bonchev–Trinajstić information content (AvgIpc) is 3.15. The van der Waals surface area contributed by atoms with Gasteiger partial charge in [-0.25, -0.2) is 18.2 Å². The number of nitrogens with zero attached hydrogens (tertiary/aromatic N) is 6. The Morgan fingerprint density at radius 2 is 1.74 bits per heavy atom. The second kappa shape index (κ2) is 13.6. The number of carbonyl (C=O) groups is 1. The lowest BCUT2D eigenvalue weighted by Gasteiger charge is -2.23. The molecule has 2 rings (SSSR count). The minimum absolute atomic E-state index is 0.0238. The Kier molecular flexibility index (Phi) is 11.1. The van der Waals surface area contributed by atoms with Crippen LogP contribution in [-0.2, 0) is 36.7 Å². The minimum Gasteiger partial charge on any atom is -0.336 e. The third-order valence-corrected chi connectivity index (χ3v) is 7.57. The molecule has 0 saturated carbocycles. The molecule has 0 atom stereocenters. The Bertz CT molecular complexity index is 1020. The molecule has 0 unspecified atom stereocenters. The summed E-state index contributed by atoms with van der Waals surface area (Å²) in [5, 5.41) is 7.25. The quantitative estimate of drug-likeness (QED) is 0.421. The number of benzene rings is 1. The van der Waals surface area contributed by atoms with Crippen LogP contribution < -0.4 is 5.32 Å². The molecule has 0 aliphatic carbocycles. The van der Waals surface area contributed by atoms with E-state index in [0.717, 1.165) is 25.2 Å². The van der Waals surface area contributed by atoms with E-state index in [4.69, 9.17) is 0 Å². The number of nitrogens with one attached hydrogen (secondary N) is 1. The van der Waals surface area contributed by atoms with Gasteiger partial charge in [0.1, 0.15) is 5.82 Å². The van der Waals surface area contributed by atoms with Gasteiger partial charge in [-0.2, -0.15) is 9.40 Å². The third kappa shape index (κ3) is 9.23. The highest BCUT2D eigenvalue weighted by Gasteiger charge is 2.25. The predicted molar refractivity (Wildman–Crippen MR) is 138 cm³/mol. The fourth-order valence-corrected chi connectivity index (χ4v) is 5.07. The summed E-state index contributed by atoms with van der Waals surface area (Å²) < 4.78 is 29.8. The average molecular weight is 508 g/mol. The van der Waals surface area contributed by atoms with Crippen LogP contribution in [0.4, 0.5) is 4.79 Å². The molecule has 2 aromatic rings. The van der Waals surface area contributed by atoms with Crippen molar-refractivity contribution in [2.75, 3.05) is 32.4 Å². The molecule has 1 heterocycles. The van der Waals surface area contributed by atoms with E-state index < -0.39 is 10.0 Å². The highest BCUT2D eigenvalue weighted by Crippen LogP contribution is 2.15. The molecule has 0 bridgehead atoms. The molecule has 1 aromatic carbocycles. The first-order valence-electron chi connectivity index (χ1n) is 12.2. The van der Waals surface area contributed by atoms with Crippen molar-refractivity contribution in [3.8, 4) is 0 Å². The van der Waals surface area contributed by atoms with E-state index in [1.54, 1.807) is 18.8 Å². The van der Waals surface area contributed by atoms with Crippen molar-refractivity contribution in [3.05, 3.63) is 47.5 Å². The molecule has 0 aliphatic heterocycles. The predicted octanol–water partition coefficient (Wildman–Crippen LogP) is 2.43. The second-order valence-corrected chi connectivity index (χ2v) is 11.1. The maximum atomic E-state index is 13.4. The van der Waals surface area contributed by atoms with Gasteiger partial charge in [-0.3, -0.25) is 4.68 Å². The van der Waals surface area contributed by atoms with Crippen LogP contribution in [0, 0.1) is 0 Å². The van der Waals surface area contributed by atoms with E-state index in [-0.39, 0.29) is 37.5 Å². The standard InChI is InChI=1S/C24H41N7O3S/c1-7-30(8-2)15-12-16-35(33,34)31(17-21-13-10-9-11-14-21)19-23-26-22(27-29(23)6)18-28(5)24(32)25-20(3)4/h9-11,13-14,20H,7-8,12,15-19H2,1-6H3,(H,25,32). The minimum atomic E-state index is -3.54. The molecule has 0 saturated heterocycles. The molecule has 196 valence electrons. The Balaban J connectivity index is 2.18. The second-order valence-electron chi connectivity index (χ2n) is 8.98. The lowest BCUT2D eigenvalue weighted by molar-refractivity contribution is 0.203. The number of aryl methyl sites for hydroxylation is 1. The monoisotopic (exact) mass is 507 g/mol. The van der Waals surface area contributed by atoms with Gasteiger partial charge in [0.05, 0.1) is 18.8 Å². The normalized spacial score (nSPS) is 12.0. The number of aromatic nitrogens is 3. The van der Waals surface area contributed by atoms with Gasteiger partial charge in [0.2, 0.25) is 10.0 Å². The van der Waals surface area contributed by atoms with Crippen LogP contribution in [0.5, 0.6) is 0 Å². The van der Waals surface area contributed by atoms with Gasteiger partial charge >= 0.3 is 6.03 Å². The number of urea groups is 1. The summed E-state index contributed by atoms with van der Waals surface area (Å²) in [7, 11) is -0.117. The van der Waals surface area contributed by atoms with E-state index in [2.05, 4.69) is 34.1 Å². The van der Waals surface area contributed by atoms with Gasteiger partial charge in [-0.05, 0) is 45.5 Å². The maximum absolute atomic E-state index is 13.4. The Labute approximate surface area is 210 Å². The highest BCUT2D eigenvalue weighted by molar-refractivity contribution is 7.89. The highest BCUT2D eigenvalue weighted by atomic mass is 32.2. The van der Waals surface area contributed by atoms with Gasteiger partial charge in [0.25, 0.3) is 0 Å². The summed E-state index contributed by atoms with van der Waals surface area (Å²) in [6, 6.07) is 9.36. The molecular formula is C24H41N7O3S. The van der Waals surface area contributed by atoms with Crippen LogP contribution in [0.3, 0.4) is 0 Å². The van der Waals surface area contributed by atoms with Crippen molar-refractivity contribution < 1.29 is 13.2 Å². The third-order valence-electron chi connectivity index (χ3n) is 5.72. The summed E-state index contributed by atoms with van der Waals surface area (Å²) in [6.07, 6.45) is 0.565. The topological polar surface area (TPSA) is 104 Å². The fourth-order valence-electron chi connectivity index (χ4n) is 3.66. The zero-order chi connectivity index (χ0) is 26.0. The largest absolute Gasteiger partial charge is 0.336 e. The van der Waals surface area contributed by atoms with E-state index in [1.807, 2.05) is 44.2 Å². The van der Waals surface area contributed by atoms with Gasteiger partial charge < -0.3 is 15.1 Å². The molecular weight excluding hydrogens is 466 g/mol. The Morgan fingerprint density at radius 1 is 1.09 bits per heavy atom. The molecule has 0 aliphatic rings. The zero-order valence-electron chi connectivity index (χ0n) is 21.9. The van der Waals surface area contributed by atoms with Crippen LogP contribution in [0.25, 0.3) is 0 Å². The molecule has 1 aromatic heterocycles. The van der Waals surface area contributed by atoms with E-state index in [1.165, 1.54) is 9.21 Å². The van der Waals surface area contributed by atoms with E-state index in [9.17, 15) is 13.2 Å². The van der Waals surface area contributed by atoms with Gasteiger partial charge in [-0.1, -0.05) is 44.2 Å². The molecule has 0 spiro atoms. The maximum Gasteiger partial charge on any atom is 0.317 e. The number of amides is 2. The summed E-state index contributed by atoms with van der Waals surface area (Å²) in [4.78, 5) is 20.5. The molecule has 35 heavy (non-hydrogen) atoms. The van der Waals surface area contributed by atoms with Gasteiger partial charge in [-0.15, -0.1) is 0 Å². The van der Waals surface area contributed by atoms with Crippen molar-refractivity contribution in [1.29, 1.82) is 0 Å². The lowest BCUT2D eigenvalue weighted by atomic mass is 10.2. The number of hydrogen-bond donors (Lipinski definition) is 1. The van der Waals surface area contributed by atoms with Crippen LogP contribution >= 0.6 is 0 Å². The zero-order valence-corrected chi connectivity index (χ0v) is 22.8. The van der Waals surface area contributed by atoms with Crippen LogP contribution in [0.15, 0.2) is 30.3 Å². The summed E-state index contributed by atoms with van der Waals surface area (Å²) in [6.45, 7) is 11.1. The summed E-state index contributed by atoms with van der Waals surface area (Å²) in [5.41, 5.74) is 0.910. The molecule has 0 fully saturated rings. The van der Waals surface area contributed by atoms with Crippen LogP contribution in [0.1, 0.15) is 51.3 Å². The molecule has 0 radical (unpaired) electrons. The Morgan fingerprint density at radius 3 is 2.34 bits per heavy atom. The van der Waals surface area contributed by atoms with Crippen molar-refractivity contribution in [2.24, 2.45) is 7.05 Å². The first-order valence-corrected chi connectivity index (χ1v) is 13.8. The number of hydrogen-bond acceptors (Lipinski definition) is 6. The van der Waals surface area contributed by atoms with E-state index >= 15 is 0 Å². The Hall–Kier alpha value is -2.50. The van der Waals surface area contributed by atoms with Gasteiger partial charge in [0.15, 0.2) is 5.82 Å². The number of carbonyl (C=O) groups excluding carboxylic acids is 1. The van der Waals surface area contributed by atoms with Crippen LogP contribution in [-0.4, -0.2) is 81.8 Å². The molecule has 2 amide bonds. The van der Waals surface area contributed by atoms with E-state index in [0.29, 0.717) is 18.1 Å². The van der Waals surface area contributed by atoms with Crippen molar-refractivity contribution >= 4 is 16.1 Å². The van der Waals surface area contributed by atoms with Crippen molar-refractivity contribution in [2.45, 2.75) is 59.8 Å². The smallest absolute Gasteiger partial charge is 0.317 e. The summed E-state index contributed by atoms with van der Waals surface area (Å²) in [5.74, 6) is 1.06. The number of sulfonamides is 1. The molecule has 11 heteroatoms. The lowest BCUT2D eigenvalue weighted by Crippen LogP contribution is -2.40. The van der Waals surface area contributed by atoms with Crippen molar-refractivity contribution in [1.82, 2.24) is 34.2 Å².